The van der Waals surface area contributed by atoms with Gasteiger partial charge in [0.25, 0.3) is 0 Å². The van der Waals surface area contributed by atoms with Crippen molar-refractivity contribution in [3.8, 4) is 0 Å². The van der Waals surface area contributed by atoms with E-state index < -0.39 is 0 Å². The molecule has 5 nitrogen and oxygen atoms in total. The summed E-state index contributed by atoms with van der Waals surface area (Å²) in [4.78, 5) is 4.25. The fourth-order valence-electron chi connectivity index (χ4n) is 1.53. The first-order valence-electron chi connectivity index (χ1n) is 5.09. The predicted octanol–water partition coefficient (Wildman–Crippen LogP) is 1.40. The van der Waals surface area contributed by atoms with E-state index in [1.165, 1.54) is 0 Å². The van der Waals surface area contributed by atoms with Crippen LogP contribution in [0.3, 0.4) is 0 Å². The minimum absolute atomic E-state index is 0.512. The number of fused-ring (bicyclic) bond motifs is 1. The number of nitrogens with two attached hydrogens (primary N) is 2. The van der Waals surface area contributed by atoms with Crippen molar-refractivity contribution in [2.24, 2.45) is 0 Å². The highest BCUT2D eigenvalue weighted by Gasteiger charge is 2.08. The largest absolute Gasteiger partial charge is 0.396 e. The van der Waals surface area contributed by atoms with E-state index >= 15 is 0 Å². The summed E-state index contributed by atoms with van der Waals surface area (Å²) in [5.74, 6) is 0. The van der Waals surface area contributed by atoms with Crippen molar-refractivity contribution in [1.29, 1.82) is 0 Å². The number of unbranched alkanes of at least 4 members (excludes halogenated alkanes) is 1. The molecule has 2 aromatic heterocycles. The average Bonchev–Trinajstić information content (AvgIpc) is 2.64. The van der Waals surface area contributed by atoms with Gasteiger partial charge < -0.3 is 11.5 Å². The Morgan fingerprint density at radius 3 is 2.87 bits per heavy atom. The molecule has 0 amide bonds. The maximum absolute atomic E-state index is 5.84. The van der Waals surface area contributed by atoms with Gasteiger partial charge in [0, 0.05) is 6.54 Å². The average molecular weight is 205 g/mol. The van der Waals surface area contributed by atoms with E-state index in [1.807, 2.05) is 4.68 Å². The van der Waals surface area contributed by atoms with Crippen molar-refractivity contribution in [1.82, 2.24) is 14.8 Å². The molecular weight excluding hydrogens is 190 g/mol. The number of pyridine rings is 1. The van der Waals surface area contributed by atoms with Crippen molar-refractivity contribution < 1.29 is 0 Å². The minimum atomic E-state index is 0.512. The summed E-state index contributed by atoms with van der Waals surface area (Å²) < 4.78 is 1.87. The van der Waals surface area contributed by atoms with Gasteiger partial charge in [-0.2, -0.15) is 5.10 Å². The molecule has 0 radical (unpaired) electrons. The van der Waals surface area contributed by atoms with Gasteiger partial charge in [-0.05, 0) is 6.42 Å². The van der Waals surface area contributed by atoms with E-state index in [2.05, 4.69) is 17.0 Å². The van der Waals surface area contributed by atoms with E-state index in [-0.39, 0.29) is 0 Å². The molecule has 0 aliphatic rings. The summed E-state index contributed by atoms with van der Waals surface area (Å²) >= 11 is 0. The molecule has 2 rings (SSSR count). The summed E-state index contributed by atoms with van der Waals surface area (Å²) in [6, 6.07) is 0. The lowest BCUT2D eigenvalue weighted by Crippen LogP contribution is -2.02. The van der Waals surface area contributed by atoms with E-state index in [0.29, 0.717) is 11.4 Å². The maximum Gasteiger partial charge on any atom is 0.159 e. The van der Waals surface area contributed by atoms with Gasteiger partial charge in [-0.15, -0.1) is 0 Å². The molecule has 0 spiro atoms. The molecule has 80 valence electrons. The lowest BCUT2D eigenvalue weighted by molar-refractivity contribution is 0.584. The summed E-state index contributed by atoms with van der Waals surface area (Å²) in [5.41, 5.74) is 13.4. The van der Waals surface area contributed by atoms with Crippen LogP contribution >= 0.6 is 0 Å². The molecule has 0 bridgehead atoms. The normalized spacial score (nSPS) is 11.0. The summed E-state index contributed by atoms with van der Waals surface area (Å²) in [5, 5.41) is 5.09. The molecule has 0 atom stereocenters. The fraction of sp³-hybridized carbons (Fsp3) is 0.400. The van der Waals surface area contributed by atoms with Gasteiger partial charge in [-0.3, -0.25) is 0 Å². The number of aryl methyl sites for hydroxylation is 1. The lowest BCUT2D eigenvalue weighted by atomic mass is 10.2. The third kappa shape index (κ3) is 1.60. The number of nitrogens with zero attached hydrogens (tertiary/aromatic N) is 3. The van der Waals surface area contributed by atoms with Crippen molar-refractivity contribution >= 4 is 22.4 Å². The van der Waals surface area contributed by atoms with Crippen molar-refractivity contribution in [2.75, 3.05) is 11.5 Å². The molecule has 5 heteroatoms. The number of anilines is 2. The molecule has 0 fully saturated rings. The second-order valence-corrected chi connectivity index (χ2v) is 3.59. The Morgan fingerprint density at radius 1 is 1.33 bits per heavy atom. The van der Waals surface area contributed by atoms with E-state index in [1.54, 1.807) is 12.4 Å². The molecule has 15 heavy (non-hydrogen) atoms. The molecule has 0 saturated carbocycles. The SMILES string of the molecule is CCCCn1ncc2c(N)c(N)cnc21. The van der Waals surface area contributed by atoms with Crippen LogP contribution in [0.25, 0.3) is 11.0 Å². The molecule has 0 aromatic carbocycles. The highest BCUT2D eigenvalue weighted by molar-refractivity contribution is 5.93. The second kappa shape index (κ2) is 3.76. The monoisotopic (exact) mass is 205 g/mol. The first-order valence-corrected chi connectivity index (χ1v) is 5.09. The lowest BCUT2D eigenvalue weighted by Gasteiger charge is -2.03. The van der Waals surface area contributed by atoms with Crippen molar-refractivity contribution in [3.05, 3.63) is 12.4 Å². The molecule has 0 aliphatic heterocycles. The second-order valence-electron chi connectivity index (χ2n) is 3.59. The molecule has 4 N–H and O–H groups in total. The summed E-state index contributed by atoms with van der Waals surface area (Å²) in [7, 11) is 0. The van der Waals surface area contributed by atoms with Crippen LogP contribution in [0.4, 0.5) is 11.4 Å². The van der Waals surface area contributed by atoms with Gasteiger partial charge in [0.15, 0.2) is 5.65 Å². The summed E-state index contributed by atoms with van der Waals surface area (Å²) in [6.45, 7) is 3.02. The molecule has 0 unspecified atom stereocenters. The maximum atomic E-state index is 5.84. The van der Waals surface area contributed by atoms with E-state index in [0.717, 1.165) is 30.4 Å². The smallest absolute Gasteiger partial charge is 0.159 e. The van der Waals surface area contributed by atoms with E-state index in [4.69, 9.17) is 11.5 Å². The van der Waals surface area contributed by atoms with Gasteiger partial charge in [0.2, 0.25) is 0 Å². The standard InChI is InChI=1S/C10H15N5/c1-2-3-4-15-10-7(5-14-15)9(12)8(11)6-13-10/h5-6H,2-4,11H2,1H3,(H2,12,13). The Morgan fingerprint density at radius 2 is 2.13 bits per heavy atom. The zero-order chi connectivity index (χ0) is 10.8. The molecule has 2 heterocycles. The van der Waals surface area contributed by atoms with Crippen LogP contribution in [0, 0.1) is 0 Å². The first-order chi connectivity index (χ1) is 7.24. The van der Waals surface area contributed by atoms with Crippen LogP contribution in [0.15, 0.2) is 12.4 Å². The Balaban J connectivity index is 2.47. The van der Waals surface area contributed by atoms with Crippen LogP contribution in [0.2, 0.25) is 0 Å². The fourth-order valence-corrected chi connectivity index (χ4v) is 1.53. The third-order valence-electron chi connectivity index (χ3n) is 2.46. The van der Waals surface area contributed by atoms with Crippen LogP contribution in [-0.2, 0) is 6.54 Å². The molecule has 0 aliphatic carbocycles. The van der Waals surface area contributed by atoms with Crippen LogP contribution in [0.1, 0.15) is 19.8 Å². The van der Waals surface area contributed by atoms with Gasteiger partial charge in [-0.25, -0.2) is 9.67 Å². The van der Waals surface area contributed by atoms with Crippen molar-refractivity contribution in [2.45, 2.75) is 26.3 Å². The number of hydrogen-bond donors (Lipinski definition) is 2. The minimum Gasteiger partial charge on any atom is -0.396 e. The Hall–Kier alpha value is -1.78. The van der Waals surface area contributed by atoms with Gasteiger partial charge in [-0.1, -0.05) is 13.3 Å². The quantitative estimate of drug-likeness (QED) is 0.793. The number of nitrogen functional groups attached to an aromatic ring is 2. The van der Waals surface area contributed by atoms with Gasteiger partial charge >= 0.3 is 0 Å². The Labute approximate surface area is 88.1 Å². The zero-order valence-electron chi connectivity index (χ0n) is 8.77. The Kier molecular flexibility index (Phi) is 2.45. The third-order valence-corrected chi connectivity index (χ3v) is 2.46. The number of aromatic nitrogens is 3. The van der Waals surface area contributed by atoms with Crippen LogP contribution in [0.5, 0.6) is 0 Å². The summed E-state index contributed by atoms with van der Waals surface area (Å²) in [6.07, 6.45) is 5.53. The van der Waals surface area contributed by atoms with Crippen LogP contribution < -0.4 is 11.5 Å². The van der Waals surface area contributed by atoms with Gasteiger partial charge in [0.05, 0.1) is 29.2 Å². The topological polar surface area (TPSA) is 82.8 Å². The molecule has 0 saturated heterocycles. The zero-order valence-corrected chi connectivity index (χ0v) is 8.77. The molecule has 2 aromatic rings. The highest BCUT2D eigenvalue weighted by atomic mass is 15.3. The first kappa shape index (κ1) is 9.76. The predicted molar refractivity (Wildman–Crippen MR) is 61.3 cm³/mol. The molecular formula is C10H15N5. The van der Waals surface area contributed by atoms with Gasteiger partial charge in [0.1, 0.15) is 0 Å². The van der Waals surface area contributed by atoms with Crippen LogP contribution in [-0.4, -0.2) is 14.8 Å². The van der Waals surface area contributed by atoms with Crippen molar-refractivity contribution in [3.63, 3.8) is 0 Å². The number of hydrogen-bond acceptors (Lipinski definition) is 4. The van der Waals surface area contributed by atoms with E-state index in [9.17, 15) is 0 Å². The highest BCUT2D eigenvalue weighted by Crippen LogP contribution is 2.24. The number of rotatable bonds is 3. The Bertz CT molecular complexity index is 474.